The molecule has 172 valence electrons. The van der Waals surface area contributed by atoms with Crippen LogP contribution in [-0.2, 0) is 31.6 Å². The number of phosphoric acid groups is 3. The van der Waals surface area contributed by atoms with Gasteiger partial charge in [-0.1, -0.05) is 0 Å². The summed E-state index contributed by atoms with van der Waals surface area (Å²) in [6.45, 7) is 0.461. The third kappa shape index (κ3) is 6.69. The lowest BCUT2D eigenvalue weighted by Crippen LogP contribution is -2.34. The van der Waals surface area contributed by atoms with E-state index < -0.39 is 60.2 Å². The number of hydrogen-bond acceptors (Lipinski definition) is 11. The summed E-state index contributed by atoms with van der Waals surface area (Å²) in [5, 5.41) is 20.2. The van der Waals surface area contributed by atoms with Crippen LogP contribution in [0.25, 0.3) is 0 Å². The van der Waals surface area contributed by atoms with E-state index in [0.717, 1.165) is 4.57 Å². The topological polar surface area (TPSA) is 247 Å². The molecule has 20 heteroatoms. The average molecular weight is 514 g/mol. The van der Waals surface area contributed by atoms with Gasteiger partial charge in [-0.2, -0.15) is 8.62 Å². The van der Waals surface area contributed by atoms with Gasteiger partial charge in [-0.25, -0.2) is 13.7 Å². The van der Waals surface area contributed by atoms with Crippen LogP contribution < -0.4 is 5.56 Å². The molecule has 2 heterocycles. The minimum absolute atomic E-state index is 0.157. The highest BCUT2D eigenvalue weighted by Gasteiger charge is 2.46. The highest BCUT2D eigenvalue weighted by Crippen LogP contribution is 2.66. The SMILES string of the molecule is Cc1cn([C@H]2OC(COP(=O)(O)OP(=O)(O)OP(=O)(O)O)[C@@H](O)C2O)c(=S)[nH]c1=O. The maximum atomic E-state index is 11.7. The van der Waals surface area contributed by atoms with Gasteiger partial charge in [-0.15, -0.1) is 0 Å². The number of aryl methyl sites for hydroxylation is 1. The maximum Gasteiger partial charge on any atom is 0.490 e. The summed E-state index contributed by atoms with van der Waals surface area (Å²) in [4.78, 5) is 49.3. The summed E-state index contributed by atoms with van der Waals surface area (Å²) in [5.74, 6) is 0. The highest BCUT2D eigenvalue weighted by atomic mass is 32.1. The van der Waals surface area contributed by atoms with Crippen molar-refractivity contribution in [1.82, 2.24) is 9.55 Å². The Labute approximate surface area is 172 Å². The summed E-state index contributed by atoms with van der Waals surface area (Å²) < 4.78 is 51.3. The fraction of sp³-hybridized carbons (Fsp3) is 0.600. The van der Waals surface area contributed by atoms with Crippen LogP contribution in [-0.4, -0.2) is 64.3 Å². The Kier molecular flexibility index (Phi) is 7.78. The van der Waals surface area contributed by atoms with Crippen molar-refractivity contribution in [2.45, 2.75) is 31.5 Å². The first-order valence-electron chi connectivity index (χ1n) is 7.63. The molecule has 30 heavy (non-hydrogen) atoms. The molecule has 0 amide bonds. The fourth-order valence-corrected chi connectivity index (χ4v) is 5.62. The predicted octanol–water partition coefficient (Wildman–Crippen LogP) is -0.823. The van der Waals surface area contributed by atoms with Gasteiger partial charge >= 0.3 is 23.5 Å². The van der Waals surface area contributed by atoms with Crippen LogP contribution >= 0.6 is 35.7 Å². The maximum absolute atomic E-state index is 11.7. The average Bonchev–Trinajstić information content (AvgIpc) is 2.81. The third-order valence-electron chi connectivity index (χ3n) is 3.58. The number of rotatable bonds is 8. The second-order valence-electron chi connectivity index (χ2n) is 5.91. The molecule has 0 aromatic carbocycles. The molecule has 0 aliphatic carbocycles. The number of aromatic amines is 1. The van der Waals surface area contributed by atoms with E-state index in [-0.39, 0.29) is 10.3 Å². The number of hydrogen-bond donors (Lipinski definition) is 7. The Balaban J connectivity index is 2.09. The minimum atomic E-state index is -5.71. The van der Waals surface area contributed by atoms with Crippen molar-refractivity contribution in [3.8, 4) is 0 Å². The van der Waals surface area contributed by atoms with E-state index in [1.54, 1.807) is 0 Å². The first-order chi connectivity index (χ1) is 13.5. The van der Waals surface area contributed by atoms with Gasteiger partial charge < -0.3 is 34.5 Å². The van der Waals surface area contributed by atoms with Crippen LogP contribution in [0.1, 0.15) is 11.8 Å². The van der Waals surface area contributed by atoms with Crippen LogP contribution in [0.15, 0.2) is 11.0 Å². The number of aromatic nitrogens is 2. The second kappa shape index (κ2) is 9.10. The van der Waals surface area contributed by atoms with Gasteiger partial charge in [0.25, 0.3) is 5.56 Å². The van der Waals surface area contributed by atoms with Crippen molar-refractivity contribution in [3.05, 3.63) is 26.9 Å². The molecule has 0 bridgehead atoms. The first-order valence-corrected chi connectivity index (χ1v) is 12.6. The normalized spacial score (nSPS) is 28.8. The van der Waals surface area contributed by atoms with E-state index >= 15 is 0 Å². The molecular weight excluding hydrogens is 497 g/mol. The molecule has 16 nitrogen and oxygen atoms in total. The first kappa shape index (κ1) is 25.6. The number of phosphoric ester groups is 1. The molecule has 1 aliphatic heterocycles. The number of nitrogens with zero attached hydrogens (tertiary/aromatic N) is 1. The summed E-state index contributed by atoms with van der Waals surface area (Å²) in [6, 6.07) is 0. The molecule has 1 aliphatic rings. The van der Waals surface area contributed by atoms with Crippen molar-refractivity contribution >= 4 is 35.7 Å². The molecule has 2 rings (SSSR count). The Morgan fingerprint density at radius 2 is 1.73 bits per heavy atom. The molecule has 1 aromatic rings. The van der Waals surface area contributed by atoms with Gasteiger partial charge in [0.2, 0.25) is 0 Å². The van der Waals surface area contributed by atoms with Crippen LogP contribution in [0, 0.1) is 11.7 Å². The highest BCUT2D eigenvalue weighted by molar-refractivity contribution is 7.71. The van der Waals surface area contributed by atoms with Gasteiger partial charge in [0.1, 0.15) is 18.3 Å². The lowest BCUT2D eigenvalue weighted by Gasteiger charge is -2.19. The molecule has 7 N–H and O–H groups in total. The quantitative estimate of drug-likeness (QED) is 0.165. The van der Waals surface area contributed by atoms with Gasteiger partial charge in [0.15, 0.2) is 11.0 Å². The lowest BCUT2D eigenvalue weighted by atomic mass is 10.1. The van der Waals surface area contributed by atoms with Gasteiger partial charge in [-0.05, 0) is 19.1 Å². The van der Waals surface area contributed by atoms with E-state index in [0.29, 0.717) is 0 Å². The molecule has 1 fully saturated rings. The van der Waals surface area contributed by atoms with Crippen molar-refractivity contribution in [3.63, 3.8) is 0 Å². The Hall–Kier alpha value is -0.610. The van der Waals surface area contributed by atoms with Crippen LogP contribution in [0.3, 0.4) is 0 Å². The van der Waals surface area contributed by atoms with Crippen molar-refractivity contribution in [2.75, 3.05) is 6.61 Å². The monoisotopic (exact) mass is 514 g/mol. The molecule has 0 radical (unpaired) electrons. The predicted molar refractivity (Wildman–Crippen MR) is 96.4 cm³/mol. The molecule has 0 saturated carbocycles. The molecule has 0 spiro atoms. The summed E-state index contributed by atoms with van der Waals surface area (Å²) in [6.07, 6.45) is -4.90. The van der Waals surface area contributed by atoms with Crippen molar-refractivity contribution in [1.29, 1.82) is 0 Å². The van der Waals surface area contributed by atoms with Crippen LogP contribution in [0.4, 0.5) is 0 Å². The van der Waals surface area contributed by atoms with Crippen LogP contribution in [0.2, 0.25) is 0 Å². The van der Waals surface area contributed by atoms with E-state index in [9.17, 15) is 33.6 Å². The lowest BCUT2D eigenvalue weighted by molar-refractivity contribution is -0.0534. The molecule has 1 aromatic heterocycles. The Bertz CT molecular complexity index is 1050. The van der Waals surface area contributed by atoms with E-state index in [4.69, 9.17) is 31.6 Å². The number of nitrogens with one attached hydrogen (secondary N) is 1. The number of aliphatic hydroxyl groups is 2. The zero-order chi connectivity index (χ0) is 23.1. The van der Waals surface area contributed by atoms with E-state index in [1.165, 1.54) is 13.1 Å². The fourth-order valence-electron chi connectivity index (χ4n) is 2.34. The minimum Gasteiger partial charge on any atom is -0.387 e. The van der Waals surface area contributed by atoms with Gasteiger partial charge in [-0.3, -0.25) is 18.9 Å². The largest absolute Gasteiger partial charge is 0.490 e. The standard InChI is InChI=1S/C10H17N2O14P3S/c1-4-2-12(10(30)11-8(4)15)9-7(14)6(13)5(24-9)3-23-28(19,20)26-29(21,22)25-27(16,17)18/h2,5-7,9,13-14H,3H2,1H3,(H,19,20)(H,21,22)(H,11,15,30)(H2,16,17,18)/t5?,6-,7?,9+/m1/s1. The van der Waals surface area contributed by atoms with Gasteiger partial charge in [0, 0.05) is 11.8 Å². The van der Waals surface area contributed by atoms with Crippen molar-refractivity contribution < 1.29 is 61.4 Å². The number of aliphatic hydroxyl groups excluding tert-OH is 2. The summed E-state index contributed by atoms with van der Waals surface area (Å²) in [5.41, 5.74) is -0.293. The molecule has 4 unspecified atom stereocenters. The number of ether oxygens (including phenoxy) is 1. The molecule has 1 saturated heterocycles. The van der Waals surface area contributed by atoms with E-state index in [1.807, 2.05) is 0 Å². The van der Waals surface area contributed by atoms with Crippen molar-refractivity contribution in [2.24, 2.45) is 0 Å². The molecule has 6 atom stereocenters. The number of H-pyrrole nitrogens is 1. The van der Waals surface area contributed by atoms with E-state index in [2.05, 4.69) is 18.1 Å². The summed E-state index contributed by atoms with van der Waals surface area (Å²) >= 11 is 4.96. The zero-order valence-electron chi connectivity index (χ0n) is 14.7. The zero-order valence-corrected chi connectivity index (χ0v) is 18.2. The smallest absolute Gasteiger partial charge is 0.387 e. The third-order valence-corrected chi connectivity index (χ3v) is 7.69. The summed E-state index contributed by atoms with van der Waals surface area (Å²) in [7, 11) is -16.7. The van der Waals surface area contributed by atoms with Gasteiger partial charge in [0.05, 0.1) is 6.61 Å². The van der Waals surface area contributed by atoms with Crippen LogP contribution in [0.5, 0.6) is 0 Å². The molecular formula is C10H17N2O14P3S. The second-order valence-corrected chi connectivity index (χ2v) is 10.7. The Morgan fingerprint density at radius 1 is 1.13 bits per heavy atom. The Morgan fingerprint density at radius 3 is 2.30 bits per heavy atom.